The Bertz CT molecular complexity index is 400. The molecule has 1 aliphatic carbocycles. The SMILES string of the molecule is CCCNC(c1ccc(OCC)cc1)C(OCC)C1CC1. The fourth-order valence-corrected chi connectivity index (χ4v) is 2.78. The molecule has 2 atom stereocenters. The van der Waals surface area contributed by atoms with Crippen molar-refractivity contribution in [3.8, 4) is 5.75 Å². The average Bonchev–Trinajstić information content (AvgIpc) is 3.33. The first-order valence-electron chi connectivity index (χ1n) is 8.37. The molecule has 3 nitrogen and oxygen atoms in total. The molecular weight excluding hydrogens is 262 g/mol. The summed E-state index contributed by atoms with van der Waals surface area (Å²) < 4.78 is 11.6. The quantitative estimate of drug-likeness (QED) is 0.708. The monoisotopic (exact) mass is 291 g/mol. The predicted octanol–water partition coefficient (Wildman–Crippen LogP) is 3.94. The molecule has 0 radical (unpaired) electrons. The third-order valence-corrected chi connectivity index (χ3v) is 3.94. The Morgan fingerprint density at radius 2 is 1.81 bits per heavy atom. The number of hydrogen-bond acceptors (Lipinski definition) is 3. The van der Waals surface area contributed by atoms with Gasteiger partial charge in [-0.15, -0.1) is 0 Å². The van der Waals surface area contributed by atoms with E-state index in [1.54, 1.807) is 0 Å². The Morgan fingerprint density at radius 3 is 2.33 bits per heavy atom. The highest BCUT2D eigenvalue weighted by Gasteiger charge is 2.37. The zero-order valence-corrected chi connectivity index (χ0v) is 13.6. The predicted molar refractivity (Wildman–Crippen MR) is 86.8 cm³/mol. The molecule has 3 heteroatoms. The molecule has 21 heavy (non-hydrogen) atoms. The zero-order chi connectivity index (χ0) is 15.1. The van der Waals surface area contributed by atoms with Crippen LogP contribution in [0.25, 0.3) is 0 Å². The van der Waals surface area contributed by atoms with Gasteiger partial charge in [-0.2, -0.15) is 0 Å². The van der Waals surface area contributed by atoms with Crippen molar-refractivity contribution >= 4 is 0 Å². The van der Waals surface area contributed by atoms with Gasteiger partial charge in [0, 0.05) is 6.61 Å². The van der Waals surface area contributed by atoms with Gasteiger partial charge in [-0.25, -0.2) is 0 Å². The normalized spacial score (nSPS) is 17.5. The Morgan fingerprint density at radius 1 is 1.10 bits per heavy atom. The van der Waals surface area contributed by atoms with Gasteiger partial charge < -0.3 is 14.8 Å². The molecule has 1 N–H and O–H groups in total. The van der Waals surface area contributed by atoms with E-state index in [0.717, 1.165) is 25.3 Å². The van der Waals surface area contributed by atoms with E-state index in [1.807, 2.05) is 6.92 Å². The van der Waals surface area contributed by atoms with Gasteiger partial charge in [-0.3, -0.25) is 0 Å². The minimum atomic E-state index is 0.285. The molecule has 1 aliphatic rings. The summed E-state index contributed by atoms with van der Waals surface area (Å²) in [6, 6.07) is 8.76. The summed E-state index contributed by atoms with van der Waals surface area (Å²) in [5.74, 6) is 1.65. The van der Waals surface area contributed by atoms with Gasteiger partial charge in [-0.1, -0.05) is 19.1 Å². The molecule has 0 bridgehead atoms. The van der Waals surface area contributed by atoms with Crippen LogP contribution in [-0.4, -0.2) is 25.9 Å². The zero-order valence-electron chi connectivity index (χ0n) is 13.6. The smallest absolute Gasteiger partial charge is 0.119 e. The lowest BCUT2D eigenvalue weighted by atomic mass is 9.97. The molecular formula is C18H29NO2. The van der Waals surface area contributed by atoms with E-state index in [4.69, 9.17) is 9.47 Å². The number of benzene rings is 1. The highest BCUT2D eigenvalue weighted by atomic mass is 16.5. The Balaban J connectivity index is 2.12. The van der Waals surface area contributed by atoms with Crippen molar-refractivity contribution in [1.29, 1.82) is 0 Å². The first kappa shape index (κ1) is 16.3. The molecule has 0 aliphatic heterocycles. The Labute approximate surface area is 129 Å². The lowest BCUT2D eigenvalue weighted by Gasteiger charge is -2.28. The standard InChI is InChI=1S/C18H29NO2/c1-4-13-19-17(18(21-6-3)15-7-8-15)14-9-11-16(12-10-14)20-5-2/h9-12,15,17-19H,4-8,13H2,1-3H3. The fraction of sp³-hybridized carbons (Fsp3) is 0.667. The first-order valence-corrected chi connectivity index (χ1v) is 8.37. The number of hydrogen-bond donors (Lipinski definition) is 1. The second-order valence-corrected chi connectivity index (χ2v) is 5.69. The summed E-state index contributed by atoms with van der Waals surface area (Å²) in [4.78, 5) is 0. The maximum Gasteiger partial charge on any atom is 0.119 e. The van der Waals surface area contributed by atoms with Gasteiger partial charge in [-0.05, 0) is 63.3 Å². The summed E-state index contributed by atoms with van der Waals surface area (Å²) in [6.07, 6.45) is 4.02. The lowest BCUT2D eigenvalue weighted by Crippen LogP contribution is -2.36. The fourth-order valence-electron chi connectivity index (χ4n) is 2.78. The van der Waals surface area contributed by atoms with Gasteiger partial charge >= 0.3 is 0 Å². The van der Waals surface area contributed by atoms with Gasteiger partial charge in [0.2, 0.25) is 0 Å². The van der Waals surface area contributed by atoms with E-state index in [-0.39, 0.29) is 6.04 Å². The summed E-state index contributed by atoms with van der Waals surface area (Å²) in [5.41, 5.74) is 1.30. The second-order valence-electron chi connectivity index (χ2n) is 5.69. The summed E-state index contributed by atoms with van der Waals surface area (Å²) in [5, 5.41) is 3.68. The van der Waals surface area contributed by atoms with E-state index in [2.05, 4.69) is 43.4 Å². The van der Waals surface area contributed by atoms with Crippen molar-refractivity contribution in [2.45, 2.75) is 52.2 Å². The highest BCUT2D eigenvalue weighted by molar-refractivity contribution is 5.30. The maximum atomic E-state index is 6.06. The molecule has 0 heterocycles. The molecule has 0 spiro atoms. The van der Waals surface area contributed by atoms with E-state index in [9.17, 15) is 0 Å². The van der Waals surface area contributed by atoms with Crippen LogP contribution in [0.15, 0.2) is 24.3 Å². The van der Waals surface area contributed by atoms with Crippen molar-refractivity contribution in [3.05, 3.63) is 29.8 Å². The van der Waals surface area contributed by atoms with Crippen LogP contribution in [0.1, 0.15) is 51.6 Å². The molecule has 118 valence electrons. The molecule has 1 saturated carbocycles. The molecule has 2 unspecified atom stereocenters. The summed E-state index contributed by atoms with van der Waals surface area (Å²) >= 11 is 0. The molecule has 1 aromatic rings. The molecule has 2 rings (SSSR count). The van der Waals surface area contributed by atoms with E-state index in [0.29, 0.717) is 18.6 Å². The number of rotatable bonds is 10. The molecule has 0 saturated heterocycles. The van der Waals surface area contributed by atoms with Crippen molar-refractivity contribution in [2.75, 3.05) is 19.8 Å². The highest BCUT2D eigenvalue weighted by Crippen LogP contribution is 2.40. The van der Waals surface area contributed by atoms with Crippen LogP contribution in [0.5, 0.6) is 5.75 Å². The Kier molecular flexibility index (Phi) is 6.52. The number of nitrogens with one attached hydrogen (secondary N) is 1. The van der Waals surface area contributed by atoms with Crippen molar-refractivity contribution < 1.29 is 9.47 Å². The lowest BCUT2D eigenvalue weighted by molar-refractivity contribution is 0.0186. The third kappa shape index (κ3) is 4.72. The van der Waals surface area contributed by atoms with Crippen molar-refractivity contribution in [2.24, 2.45) is 5.92 Å². The molecule has 1 fully saturated rings. The van der Waals surface area contributed by atoms with Crippen LogP contribution in [0.2, 0.25) is 0 Å². The van der Waals surface area contributed by atoms with Gasteiger partial charge in [0.05, 0.1) is 18.8 Å². The Hall–Kier alpha value is -1.06. The molecule has 1 aromatic carbocycles. The van der Waals surface area contributed by atoms with Crippen LogP contribution in [0.4, 0.5) is 0 Å². The minimum absolute atomic E-state index is 0.285. The summed E-state index contributed by atoms with van der Waals surface area (Å²) in [7, 11) is 0. The average molecular weight is 291 g/mol. The van der Waals surface area contributed by atoms with Crippen molar-refractivity contribution in [1.82, 2.24) is 5.32 Å². The van der Waals surface area contributed by atoms with E-state index >= 15 is 0 Å². The molecule has 0 amide bonds. The minimum Gasteiger partial charge on any atom is -0.494 e. The first-order chi connectivity index (χ1) is 10.3. The van der Waals surface area contributed by atoms with Gasteiger partial charge in [0.1, 0.15) is 5.75 Å². The largest absolute Gasteiger partial charge is 0.494 e. The van der Waals surface area contributed by atoms with Crippen LogP contribution < -0.4 is 10.1 Å². The molecule has 0 aromatic heterocycles. The maximum absolute atomic E-state index is 6.06. The second kappa shape index (κ2) is 8.40. The summed E-state index contributed by atoms with van der Waals surface area (Å²) in [6.45, 7) is 8.81. The van der Waals surface area contributed by atoms with Crippen LogP contribution in [-0.2, 0) is 4.74 Å². The topological polar surface area (TPSA) is 30.5 Å². The van der Waals surface area contributed by atoms with E-state index in [1.165, 1.54) is 18.4 Å². The van der Waals surface area contributed by atoms with Crippen LogP contribution >= 0.6 is 0 Å². The van der Waals surface area contributed by atoms with Crippen molar-refractivity contribution in [3.63, 3.8) is 0 Å². The van der Waals surface area contributed by atoms with Gasteiger partial charge in [0.15, 0.2) is 0 Å². The third-order valence-electron chi connectivity index (χ3n) is 3.94. The number of ether oxygens (including phenoxy) is 2. The van der Waals surface area contributed by atoms with E-state index < -0.39 is 0 Å². The van der Waals surface area contributed by atoms with Gasteiger partial charge in [0.25, 0.3) is 0 Å². The van der Waals surface area contributed by atoms with Crippen LogP contribution in [0.3, 0.4) is 0 Å². The van der Waals surface area contributed by atoms with Crippen LogP contribution in [0, 0.1) is 5.92 Å².